The van der Waals surface area contributed by atoms with E-state index >= 15 is 0 Å². The summed E-state index contributed by atoms with van der Waals surface area (Å²) in [6.07, 6.45) is 0.804. The first-order chi connectivity index (χ1) is 8.86. The number of carbonyl (C=O) groups is 1. The van der Waals surface area contributed by atoms with Crippen LogP contribution in [0.2, 0.25) is 5.02 Å². The van der Waals surface area contributed by atoms with Crippen LogP contribution >= 0.6 is 27.5 Å². The zero-order chi connectivity index (χ0) is 14.2. The van der Waals surface area contributed by atoms with Gasteiger partial charge in [0, 0.05) is 5.56 Å². The number of aldehydes is 1. The fourth-order valence-electron chi connectivity index (χ4n) is 1.81. The van der Waals surface area contributed by atoms with Gasteiger partial charge < -0.3 is 0 Å². The minimum absolute atomic E-state index is 0.226. The molecule has 0 amide bonds. The molecule has 100 valence electrons. The molecule has 0 aliphatic heterocycles. The summed E-state index contributed by atoms with van der Waals surface area (Å²) in [4.78, 5) is 11.3. The van der Waals surface area contributed by atoms with Crippen molar-refractivity contribution in [3.05, 3.63) is 39.5 Å². The van der Waals surface area contributed by atoms with Gasteiger partial charge in [0.1, 0.15) is 10.3 Å². The Morgan fingerprint density at radius 3 is 2.47 bits per heavy atom. The van der Waals surface area contributed by atoms with Crippen molar-refractivity contribution in [1.82, 2.24) is 9.78 Å². The highest BCUT2D eigenvalue weighted by atomic mass is 79.9. The smallest absolute Gasteiger partial charge is 0.155 e. The maximum atomic E-state index is 11.3. The Labute approximate surface area is 125 Å². The van der Waals surface area contributed by atoms with Crippen LogP contribution in [0.25, 0.3) is 11.3 Å². The van der Waals surface area contributed by atoms with Crippen molar-refractivity contribution in [2.24, 2.45) is 0 Å². The number of aromatic nitrogens is 2. The number of nitrogens with zero attached hydrogens (tertiary/aromatic N) is 2. The van der Waals surface area contributed by atoms with Crippen LogP contribution in [0, 0.1) is 0 Å². The van der Waals surface area contributed by atoms with E-state index in [1.54, 1.807) is 10.7 Å². The highest BCUT2D eigenvalue weighted by molar-refractivity contribution is 9.10. The molecule has 1 aromatic carbocycles. The van der Waals surface area contributed by atoms with Crippen molar-refractivity contribution in [2.75, 3.05) is 0 Å². The van der Waals surface area contributed by atoms with Gasteiger partial charge in [-0.2, -0.15) is 5.10 Å². The van der Waals surface area contributed by atoms with Crippen LogP contribution in [0.15, 0.2) is 28.9 Å². The van der Waals surface area contributed by atoms with Crippen LogP contribution in [0.5, 0.6) is 0 Å². The quantitative estimate of drug-likeness (QED) is 0.752. The largest absolute Gasteiger partial charge is 0.298 e. The number of hydrogen-bond acceptors (Lipinski definition) is 2. The summed E-state index contributed by atoms with van der Waals surface area (Å²) in [5.41, 5.74) is 1.65. The van der Waals surface area contributed by atoms with Crippen LogP contribution in [-0.4, -0.2) is 16.1 Å². The molecule has 5 heteroatoms. The Hall–Kier alpha value is -1.13. The summed E-state index contributed by atoms with van der Waals surface area (Å²) < 4.78 is 2.46. The van der Waals surface area contributed by atoms with E-state index in [4.69, 9.17) is 11.6 Å². The Bertz CT molecular complexity index is 629. The zero-order valence-corrected chi connectivity index (χ0v) is 13.3. The minimum Gasteiger partial charge on any atom is -0.298 e. The normalized spacial score (nSPS) is 11.6. The molecule has 0 unspecified atom stereocenters. The first-order valence-electron chi connectivity index (χ1n) is 5.85. The Morgan fingerprint density at radius 2 is 1.95 bits per heavy atom. The van der Waals surface area contributed by atoms with Gasteiger partial charge in [-0.1, -0.05) is 29.8 Å². The summed E-state index contributed by atoms with van der Waals surface area (Å²) in [7, 11) is 0. The summed E-state index contributed by atoms with van der Waals surface area (Å²) in [5, 5.41) is 5.12. The fraction of sp³-hybridized carbons (Fsp3) is 0.286. The lowest BCUT2D eigenvalue weighted by molar-refractivity contribution is 0.112. The van der Waals surface area contributed by atoms with Crippen LogP contribution in [-0.2, 0) is 5.54 Å². The molecule has 1 heterocycles. The molecular weight excluding hydrogens is 328 g/mol. The topological polar surface area (TPSA) is 34.9 Å². The molecule has 0 N–H and O–H groups in total. The second kappa shape index (κ2) is 5.10. The van der Waals surface area contributed by atoms with Crippen molar-refractivity contribution < 1.29 is 4.79 Å². The fourth-order valence-corrected chi connectivity index (χ4v) is 2.93. The van der Waals surface area contributed by atoms with E-state index in [1.165, 1.54) is 0 Å². The SMILES string of the molecule is CC(C)(C)n1nc(-c2ccccc2Cl)c(C=O)c1Br. The molecule has 0 aliphatic rings. The number of rotatable bonds is 2. The van der Waals surface area contributed by atoms with Crippen molar-refractivity contribution in [1.29, 1.82) is 0 Å². The predicted molar refractivity (Wildman–Crippen MR) is 80.8 cm³/mol. The van der Waals surface area contributed by atoms with Crippen molar-refractivity contribution in [3.8, 4) is 11.3 Å². The first kappa shape index (κ1) is 14.3. The van der Waals surface area contributed by atoms with Gasteiger partial charge in [-0.3, -0.25) is 9.48 Å². The molecule has 2 rings (SSSR count). The first-order valence-corrected chi connectivity index (χ1v) is 7.02. The number of carbonyl (C=O) groups excluding carboxylic acids is 1. The van der Waals surface area contributed by atoms with Gasteiger partial charge in [0.25, 0.3) is 0 Å². The summed E-state index contributed by atoms with van der Waals surface area (Å²) in [6, 6.07) is 7.37. The molecule has 0 fully saturated rings. The summed E-state index contributed by atoms with van der Waals surface area (Å²) in [5.74, 6) is 0. The molecule has 0 saturated carbocycles. The van der Waals surface area contributed by atoms with Gasteiger partial charge in [-0.15, -0.1) is 0 Å². The van der Waals surface area contributed by atoms with Crippen molar-refractivity contribution in [2.45, 2.75) is 26.3 Å². The van der Waals surface area contributed by atoms with E-state index in [0.717, 1.165) is 11.8 Å². The number of benzene rings is 1. The van der Waals surface area contributed by atoms with E-state index in [2.05, 4.69) is 21.0 Å². The average Bonchev–Trinajstić information content (AvgIpc) is 2.66. The molecule has 3 nitrogen and oxygen atoms in total. The maximum Gasteiger partial charge on any atom is 0.155 e. The highest BCUT2D eigenvalue weighted by Crippen LogP contribution is 2.34. The van der Waals surface area contributed by atoms with Gasteiger partial charge in [0.2, 0.25) is 0 Å². The van der Waals surface area contributed by atoms with Crippen molar-refractivity contribution in [3.63, 3.8) is 0 Å². The molecule has 0 bridgehead atoms. The monoisotopic (exact) mass is 340 g/mol. The lowest BCUT2D eigenvalue weighted by Crippen LogP contribution is -2.23. The predicted octanol–water partition coefficient (Wildman–Crippen LogP) is 4.53. The van der Waals surface area contributed by atoms with Gasteiger partial charge in [-0.05, 0) is 42.8 Å². The molecule has 2 aromatic rings. The molecule has 19 heavy (non-hydrogen) atoms. The average molecular weight is 342 g/mol. The zero-order valence-electron chi connectivity index (χ0n) is 10.9. The van der Waals surface area contributed by atoms with Gasteiger partial charge >= 0.3 is 0 Å². The summed E-state index contributed by atoms with van der Waals surface area (Å²) >= 11 is 9.63. The lowest BCUT2D eigenvalue weighted by atomic mass is 10.1. The van der Waals surface area contributed by atoms with Crippen LogP contribution in [0.4, 0.5) is 0 Å². The second-order valence-corrected chi connectivity index (χ2v) is 6.39. The van der Waals surface area contributed by atoms with E-state index < -0.39 is 0 Å². The maximum absolute atomic E-state index is 11.3. The Kier molecular flexibility index (Phi) is 3.83. The van der Waals surface area contributed by atoms with Gasteiger partial charge in [0.05, 0.1) is 16.1 Å². The molecule has 0 aliphatic carbocycles. The Balaban J connectivity index is 2.72. The highest BCUT2D eigenvalue weighted by Gasteiger charge is 2.24. The standard InChI is InChI=1S/C14H14BrClN2O/c1-14(2,3)18-13(15)10(8-19)12(17-18)9-6-4-5-7-11(9)16/h4-8H,1-3H3. The van der Waals surface area contributed by atoms with E-state index in [1.807, 2.05) is 39.0 Å². The lowest BCUT2D eigenvalue weighted by Gasteiger charge is -2.20. The minimum atomic E-state index is -0.226. The third-order valence-corrected chi connectivity index (χ3v) is 3.84. The molecule has 0 saturated heterocycles. The Morgan fingerprint density at radius 1 is 1.32 bits per heavy atom. The van der Waals surface area contributed by atoms with Gasteiger partial charge in [-0.25, -0.2) is 0 Å². The summed E-state index contributed by atoms with van der Waals surface area (Å²) in [6.45, 7) is 6.07. The third kappa shape index (κ3) is 2.60. The van der Waals surface area contributed by atoms with Crippen molar-refractivity contribution >= 4 is 33.8 Å². The second-order valence-electron chi connectivity index (χ2n) is 5.23. The molecule has 0 atom stereocenters. The molecular formula is C14H14BrClN2O. The molecule has 0 spiro atoms. The number of hydrogen-bond donors (Lipinski definition) is 0. The van der Waals surface area contributed by atoms with Gasteiger partial charge in [0.15, 0.2) is 6.29 Å². The van der Waals surface area contributed by atoms with Crippen LogP contribution < -0.4 is 0 Å². The van der Waals surface area contributed by atoms with E-state index in [9.17, 15) is 4.79 Å². The van der Waals surface area contributed by atoms with Crippen LogP contribution in [0.3, 0.4) is 0 Å². The van der Waals surface area contributed by atoms with E-state index in [-0.39, 0.29) is 5.54 Å². The number of halogens is 2. The molecule has 0 radical (unpaired) electrons. The van der Waals surface area contributed by atoms with E-state index in [0.29, 0.717) is 20.9 Å². The third-order valence-electron chi connectivity index (χ3n) is 2.75. The molecule has 1 aromatic heterocycles. The van der Waals surface area contributed by atoms with Crippen LogP contribution in [0.1, 0.15) is 31.1 Å².